The van der Waals surface area contributed by atoms with Gasteiger partial charge in [-0.15, -0.1) is 0 Å². The molecule has 0 aliphatic rings. The lowest BCUT2D eigenvalue weighted by Crippen LogP contribution is -2.03. The quantitative estimate of drug-likeness (QED) is 0.813. The van der Waals surface area contributed by atoms with Crippen LogP contribution in [0.25, 0.3) is 10.9 Å². The van der Waals surface area contributed by atoms with Crippen molar-refractivity contribution in [2.24, 2.45) is 0 Å². The summed E-state index contributed by atoms with van der Waals surface area (Å²) in [5.74, 6) is -1.58. The van der Waals surface area contributed by atoms with Gasteiger partial charge in [0.1, 0.15) is 5.82 Å². The molecule has 0 saturated carbocycles. The Morgan fingerprint density at radius 2 is 2.19 bits per heavy atom. The Labute approximate surface area is 90.7 Å². The van der Waals surface area contributed by atoms with Crippen LogP contribution in [0.4, 0.5) is 10.1 Å². The van der Waals surface area contributed by atoms with Gasteiger partial charge < -0.3 is 10.4 Å². The Kier molecular flexibility index (Phi) is 2.44. The smallest absolute Gasteiger partial charge is 0.354 e. The number of aromatic nitrogens is 1. The maximum Gasteiger partial charge on any atom is 0.354 e. The fourth-order valence-electron chi connectivity index (χ4n) is 1.52. The first-order chi connectivity index (χ1) is 7.61. The minimum absolute atomic E-state index is 0.109. The van der Waals surface area contributed by atoms with E-state index in [4.69, 9.17) is 5.11 Å². The highest BCUT2D eigenvalue weighted by Gasteiger charge is 2.10. The molecule has 0 fully saturated rings. The molecule has 2 rings (SSSR count). The van der Waals surface area contributed by atoms with Crippen molar-refractivity contribution in [1.82, 2.24) is 4.98 Å². The summed E-state index contributed by atoms with van der Waals surface area (Å²) in [6.45, 7) is 0. The van der Waals surface area contributed by atoms with Crippen LogP contribution in [0.5, 0.6) is 0 Å². The lowest BCUT2D eigenvalue weighted by molar-refractivity contribution is 0.0691. The number of anilines is 1. The van der Waals surface area contributed by atoms with Crippen LogP contribution in [0.15, 0.2) is 24.3 Å². The van der Waals surface area contributed by atoms with Gasteiger partial charge in [-0.05, 0) is 18.2 Å². The van der Waals surface area contributed by atoms with Crippen molar-refractivity contribution < 1.29 is 14.3 Å². The molecule has 4 nitrogen and oxygen atoms in total. The molecule has 0 aliphatic carbocycles. The Bertz CT molecular complexity index is 569. The van der Waals surface area contributed by atoms with Gasteiger partial charge in [-0.2, -0.15) is 0 Å². The van der Waals surface area contributed by atoms with Crippen molar-refractivity contribution in [3.63, 3.8) is 0 Å². The number of aromatic carboxylic acids is 1. The second-order valence-electron chi connectivity index (χ2n) is 3.27. The van der Waals surface area contributed by atoms with Gasteiger partial charge in [0.25, 0.3) is 0 Å². The third-order valence-corrected chi connectivity index (χ3v) is 2.26. The van der Waals surface area contributed by atoms with E-state index >= 15 is 0 Å². The minimum Gasteiger partial charge on any atom is -0.477 e. The minimum atomic E-state index is -1.14. The molecule has 0 unspecified atom stereocenters. The van der Waals surface area contributed by atoms with Crippen LogP contribution < -0.4 is 5.32 Å². The topological polar surface area (TPSA) is 62.2 Å². The summed E-state index contributed by atoms with van der Waals surface area (Å²) < 4.78 is 13.0. The number of rotatable bonds is 2. The van der Waals surface area contributed by atoms with Crippen molar-refractivity contribution in [3.05, 3.63) is 35.8 Å². The van der Waals surface area contributed by atoms with Crippen LogP contribution in [-0.2, 0) is 0 Å². The predicted octanol–water partition coefficient (Wildman–Crippen LogP) is 2.11. The van der Waals surface area contributed by atoms with Crippen molar-refractivity contribution in [3.8, 4) is 0 Å². The van der Waals surface area contributed by atoms with E-state index in [1.54, 1.807) is 13.1 Å². The first kappa shape index (κ1) is 10.4. The lowest BCUT2D eigenvalue weighted by atomic mass is 10.1. The molecule has 0 radical (unpaired) electrons. The van der Waals surface area contributed by atoms with Crippen molar-refractivity contribution in [2.75, 3.05) is 12.4 Å². The zero-order chi connectivity index (χ0) is 11.7. The molecule has 82 valence electrons. The molecule has 0 amide bonds. The number of nitrogens with zero attached hydrogens (tertiary/aromatic N) is 1. The summed E-state index contributed by atoms with van der Waals surface area (Å²) >= 11 is 0. The van der Waals surface area contributed by atoms with Crippen LogP contribution in [0, 0.1) is 5.82 Å². The molecular weight excluding hydrogens is 211 g/mol. The summed E-state index contributed by atoms with van der Waals surface area (Å²) in [7, 11) is 1.67. The zero-order valence-electron chi connectivity index (χ0n) is 8.49. The van der Waals surface area contributed by atoms with E-state index in [9.17, 15) is 9.18 Å². The highest BCUT2D eigenvalue weighted by molar-refractivity contribution is 5.97. The van der Waals surface area contributed by atoms with Crippen LogP contribution in [0.2, 0.25) is 0 Å². The average Bonchev–Trinajstić information content (AvgIpc) is 2.26. The predicted molar refractivity (Wildman–Crippen MR) is 58.2 cm³/mol. The van der Waals surface area contributed by atoms with Crippen LogP contribution >= 0.6 is 0 Å². The molecule has 2 N–H and O–H groups in total. The number of pyridine rings is 1. The van der Waals surface area contributed by atoms with E-state index in [2.05, 4.69) is 10.3 Å². The van der Waals surface area contributed by atoms with E-state index in [-0.39, 0.29) is 5.69 Å². The van der Waals surface area contributed by atoms with Crippen molar-refractivity contribution >= 4 is 22.6 Å². The van der Waals surface area contributed by atoms with Crippen molar-refractivity contribution in [2.45, 2.75) is 0 Å². The second-order valence-corrected chi connectivity index (χ2v) is 3.27. The largest absolute Gasteiger partial charge is 0.477 e. The monoisotopic (exact) mass is 220 g/mol. The van der Waals surface area contributed by atoms with Gasteiger partial charge in [-0.1, -0.05) is 0 Å². The Morgan fingerprint density at radius 1 is 1.44 bits per heavy atom. The molecule has 0 saturated heterocycles. The second kappa shape index (κ2) is 3.77. The van der Waals surface area contributed by atoms with Crippen LogP contribution in [0.1, 0.15) is 10.5 Å². The molecule has 1 heterocycles. The number of benzene rings is 1. The van der Waals surface area contributed by atoms with Gasteiger partial charge in [0.2, 0.25) is 0 Å². The van der Waals surface area contributed by atoms with Gasteiger partial charge >= 0.3 is 5.97 Å². The normalized spacial score (nSPS) is 10.4. The molecule has 0 spiro atoms. The van der Waals surface area contributed by atoms with E-state index in [0.29, 0.717) is 16.6 Å². The van der Waals surface area contributed by atoms with E-state index in [1.165, 1.54) is 18.2 Å². The van der Waals surface area contributed by atoms with E-state index in [0.717, 1.165) is 0 Å². The number of hydrogen-bond acceptors (Lipinski definition) is 3. The average molecular weight is 220 g/mol. The number of carbonyl (C=O) groups is 1. The molecule has 5 heteroatoms. The SMILES string of the molecule is CNc1cc(C(=O)O)nc2cc(F)ccc12. The molecule has 0 aliphatic heterocycles. The highest BCUT2D eigenvalue weighted by Crippen LogP contribution is 2.23. The molecule has 0 bridgehead atoms. The molecular formula is C11H9FN2O2. The highest BCUT2D eigenvalue weighted by atomic mass is 19.1. The molecule has 1 aromatic carbocycles. The Morgan fingerprint density at radius 3 is 2.81 bits per heavy atom. The summed E-state index contributed by atoms with van der Waals surface area (Å²) in [5, 5.41) is 12.4. The zero-order valence-corrected chi connectivity index (χ0v) is 8.49. The van der Waals surface area contributed by atoms with Gasteiger partial charge in [0.15, 0.2) is 5.69 Å². The summed E-state index contributed by atoms with van der Waals surface area (Å²) in [4.78, 5) is 14.7. The van der Waals surface area contributed by atoms with Gasteiger partial charge in [0.05, 0.1) is 5.52 Å². The first-order valence-electron chi connectivity index (χ1n) is 4.63. The summed E-state index contributed by atoms with van der Waals surface area (Å²) in [5.41, 5.74) is 0.828. The number of halogens is 1. The Hall–Kier alpha value is -2.17. The number of hydrogen-bond donors (Lipinski definition) is 2. The number of carboxylic acid groups (broad SMARTS) is 1. The Balaban J connectivity index is 2.78. The van der Waals surface area contributed by atoms with Crippen LogP contribution in [-0.4, -0.2) is 23.1 Å². The van der Waals surface area contributed by atoms with Gasteiger partial charge in [-0.25, -0.2) is 14.2 Å². The van der Waals surface area contributed by atoms with Crippen LogP contribution in [0.3, 0.4) is 0 Å². The summed E-state index contributed by atoms with van der Waals surface area (Å²) in [6.07, 6.45) is 0. The molecule has 16 heavy (non-hydrogen) atoms. The summed E-state index contributed by atoms with van der Waals surface area (Å²) in [6, 6.07) is 5.51. The third-order valence-electron chi connectivity index (χ3n) is 2.26. The number of carboxylic acids is 1. The lowest BCUT2D eigenvalue weighted by Gasteiger charge is -2.06. The molecule has 0 atom stereocenters. The molecule has 2 aromatic rings. The fraction of sp³-hybridized carbons (Fsp3) is 0.0909. The van der Waals surface area contributed by atoms with E-state index < -0.39 is 11.8 Å². The van der Waals surface area contributed by atoms with E-state index in [1.807, 2.05) is 0 Å². The number of fused-ring (bicyclic) bond motifs is 1. The van der Waals surface area contributed by atoms with Gasteiger partial charge in [-0.3, -0.25) is 0 Å². The molecule has 1 aromatic heterocycles. The first-order valence-corrected chi connectivity index (χ1v) is 4.63. The third kappa shape index (κ3) is 1.67. The fourth-order valence-corrected chi connectivity index (χ4v) is 1.52. The van der Waals surface area contributed by atoms with Crippen molar-refractivity contribution in [1.29, 1.82) is 0 Å². The van der Waals surface area contributed by atoms with Gasteiger partial charge in [0, 0.05) is 24.2 Å². The standard InChI is InChI=1S/C11H9FN2O2/c1-13-8-5-10(11(15)16)14-9-4-6(12)2-3-7(8)9/h2-5H,1H3,(H,13,14)(H,15,16). The number of nitrogens with one attached hydrogen (secondary N) is 1. The maximum absolute atomic E-state index is 13.0. The maximum atomic E-state index is 13.0.